The van der Waals surface area contributed by atoms with Crippen molar-refractivity contribution >= 4 is 27.1 Å². The predicted octanol–water partition coefficient (Wildman–Crippen LogP) is 3.28. The lowest BCUT2D eigenvalue weighted by molar-refractivity contribution is -0.114. The maximum atomic E-state index is 12.3. The monoisotopic (exact) mass is 406 g/mol. The van der Waals surface area contributed by atoms with Crippen molar-refractivity contribution in [2.45, 2.75) is 24.7 Å². The lowest BCUT2D eigenvalue weighted by Gasteiger charge is -2.15. The number of carbonyl (C=O) groups is 1. The van der Waals surface area contributed by atoms with Crippen LogP contribution in [0.5, 0.6) is 11.5 Å². The first-order valence-electron chi connectivity index (χ1n) is 8.75. The van der Waals surface area contributed by atoms with E-state index >= 15 is 0 Å². The van der Waals surface area contributed by atoms with E-state index in [1.807, 2.05) is 19.9 Å². The zero-order valence-electron chi connectivity index (χ0n) is 16.7. The highest BCUT2D eigenvalue weighted by molar-refractivity contribution is 7.90. The smallest absolute Gasteiger partial charge is 0.243 e. The number of carbonyl (C=O) groups excluding carboxylic acids is 1. The zero-order chi connectivity index (χ0) is 20.9. The maximum Gasteiger partial charge on any atom is 0.243 e. The summed E-state index contributed by atoms with van der Waals surface area (Å²) in [5, 5.41) is 5.65. The molecule has 2 aromatic carbocycles. The molecule has 7 nitrogen and oxygen atoms in total. The van der Waals surface area contributed by atoms with Crippen LogP contribution in [0.2, 0.25) is 0 Å². The number of rotatable bonds is 8. The zero-order valence-corrected chi connectivity index (χ0v) is 17.5. The molecule has 0 atom stereocenters. The standard InChI is InChI=1S/C20H26N2O5S/c1-13(2)14-6-8-16(19(10-14)28(5,24)25)21-12-20(23)22-15-7-9-17(26-3)18(11-15)27-4/h6-11,13,21H,12H2,1-5H3,(H,22,23). The second kappa shape index (κ2) is 8.97. The van der Waals surface area contributed by atoms with Gasteiger partial charge in [-0.1, -0.05) is 19.9 Å². The van der Waals surface area contributed by atoms with Gasteiger partial charge < -0.3 is 20.1 Å². The summed E-state index contributed by atoms with van der Waals surface area (Å²) in [7, 11) is -0.393. The number of hydrogen-bond acceptors (Lipinski definition) is 6. The molecule has 0 heterocycles. The third kappa shape index (κ3) is 5.39. The first-order chi connectivity index (χ1) is 13.2. The fraction of sp³-hybridized carbons (Fsp3) is 0.350. The molecule has 0 radical (unpaired) electrons. The summed E-state index contributed by atoms with van der Waals surface area (Å²) < 4.78 is 34.6. The number of benzene rings is 2. The summed E-state index contributed by atoms with van der Waals surface area (Å²) in [5.74, 6) is 0.932. The lowest BCUT2D eigenvalue weighted by Crippen LogP contribution is -2.22. The normalized spacial score (nSPS) is 11.2. The van der Waals surface area contributed by atoms with E-state index in [2.05, 4.69) is 10.6 Å². The highest BCUT2D eigenvalue weighted by Gasteiger charge is 2.16. The third-order valence-electron chi connectivity index (χ3n) is 4.18. The van der Waals surface area contributed by atoms with Crippen molar-refractivity contribution in [3.8, 4) is 11.5 Å². The van der Waals surface area contributed by atoms with E-state index in [4.69, 9.17) is 9.47 Å². The quantitative estimate of drug-likeness (QED) is 0.699. The molecule has 1 amide bonds. The van der Waals surface area contributed by atoms with Crippen LogP contribution in [0.25, 0.3) is 0 Å². The average Bonchev–Trinajstić information content (AvgIpc) is 2.65. The first kappa shape index (κ1) is 21.6. The summed E-state index contributed by atoms with van der Waals surface area (Å²) >= 11 is 0. The third-order valence-corrected chi connectivity index (χ3v) is 5.32. The van der Waals surface area contributed by atoms with Crippen LogP contribution in [-0.4, -0.2) is 41.3 Å². The van der Waals surface area contributed by atoms with E-state index in [1.165, 1.54) is 14.2 Å². The molecule has 28 heavy (non-hydrogen) atoms. The minimum absolute atomic E-state index is 0.0854. The molecule has 0 aliphatic heterocycles. The van der Waals surface area contributed by atoms with Gasteiger partial charge in [-0.25, -0.2) is 8.42 Å². The Hall–Kier alpha value is -2.74. The van der Waals surface area contributed by atoms with Gasteiger partial charge in [-0.2, -0.15) is 0 Å². The van der Waals surface area contributed by atoms with Crippen LogP contribution < -0.4 is 20.1 Å². The molecular formula is C20H26N2O5S. The Labute approximate surface area is 166 Å². The SMILES string of the molecule is COc1ccc(NC(=O)CNc2ccc(C(C)C)cc2S(C)(=O)=O)cc1OC. The molecule has 2 N–H and O–H groups in total. The lowest BCUT2D eigenvalue weighted by atomic mass is 10.0. The fourth-order valence-corrected chi connectivity index (χ4v) is 3.54. The Kier molecular flexibility index (Phi) is 6.90. The van der Waals surface area contributed by atoms with Crippen LogP contribution in [0.1, 0.15) is 25.3 Å². The van der Waals surface area contributed by atoms with E-state index in [-0.39, 0.29) is 23.3 Å². The average molecular weight is 407 g/mol. The Bertz CT molecular complexity index is 955. The van der Waals surface area contributed by atoms with Gasteiger partial charge in [0.1, 0.15) is 0 Å². The Balaban J connectivity index is 2.13. The number of nitrogens with one attached hydrogen (secondary N) is 2. The molecule has 0 spiro atoms. The molecule has 0 bridgehead atoms. The molecule has 0 unspecified atom stereocenters. The van der Waals surface area contributed by atoms with Crippen molar-refractivity contribution in [1.29, 1.82) is 0 Å². The van der Waals surface area contributed by atoms with Gasteiger partial charge in [0.2, 0.25) is 5.91 Å². The number of sulfone groups is 1. The van der Waals surface area contributed by atoms with Crippen molar-refractivity contribution in [3.05, 3.63) is 42.0 Å². The van der Waals surface area contributed by atoms with Crippen LogP contribution in [0.4, 0.5) is 11.4 Å². The van der Waals surface area contributed by atoms with Crippen LogP contribution in [0.15, 0.2) is 41.3 Å². The largest absolute Gasteiger partial charge is 0.493 e. The highest BCUT2D eigenvalue weighted by Crippen LogP contribution is 2.30. The van der Waals surface area contributed by atoms with Crippen LogP contribution in [-0.2, 0) is 14.6 Å². The van der Waals surface area contributed by atoms with Gasteiger partial charge in [0.05, 0.1) is 31.3 Å². The van der Waals surface area contributed by atoms with Crippen molar-refractivity contribution in [2.75, 3.05) is 37.7 Å². The van der Waals surface area contributed by atoms with Gasteiger partial charge in [0.15, 0.2) is 21.3 Å². The van der Waals surface area contributed by atoms with Gasteiger partial charge in [-0.05, 0) is 35.7 Å². The number of amides is 1. The molecule has 152 valence electrons. The maximum absolute atomic E-state index is 12.3. The summed E-state index contributed by atoms with van der Waals surface area (Å²) in [6, 6.07) is 10.2. The minimum atomic E-state index is -3.44. The Morgan fingerprint density at radius 2 is 1.71 bits per heavy atom. The molecular weight excluding hydrogens is 380 g/mol. The van der Waals surface area contributed by atoms with Gasteiger partial charge in [0.25, 0.3) is 0 Å². The van der Waals surface area contributed by atoms with Gasteiger partial charge in [-0.15, -0.1) is 0 Å². The second-order valence-electron chi connectivity index (χ2n) is 6.65. The van der Waals surface area contributed by atoms with Crippen LogP contribution in [0, 0.1) is 0 Å². The number of anilines is 2. The summed E-state index contributed by atoms with van der Waals surface area (Å²) in [4.78, 5) is 12.5. The van der Waals surface area contributed by atoms with Crippen molar-refractivity contribution < 1.29 is 22.7 Å². The summed E-state index contributed by atoms with van der Waals surface area (Å²) in [6.45, 7) is 3.90. The molecule has 0 aromatic heterocycles. The molecule has 2 rings (SSSR count). The Morgan fingerprint density at radius 1 is 1.04 bits per heavy atom. The molecule has 2 aromatic rings. The van der Waals surface area contributed by atoms with Crippen LogP contribution >= 0.6 is 0 Å². The van der Waals surface area contributed by atoms with Gasteiger partial charge in [-0.3, -0.25) is 4.79 Å². The van der Waals surface area contributed by atoms with Crippen LogP contribution in [0.3, 0.4) is 0 Å². The van der Waals surface area contributed by atoms with Crippen molar-refractivity contribution in [2.24, 2.45) is 0 Å². The van der Waals surface area contributed by atoms with E-state index in [9.17, 15) is 13.2 Å². The van der Waals surface area contributed by atoms with E-state index < -0.39 is 9.84 Å². The molecule has 0 aliphatic carbocycles. The molecule has 0 saturated heterocycles. The number of methoxy groups -OCH3 is 2. The molecule has 0 aliphatic rings. The summed E-state index contributed by atoms with van der Waals surface area (Å²) in [6.07, 6.45) is 1.15. The highest BCUT2D eigenvalue weighted by atomic mass is 32.2. The Morgan fingerprint density at radius 3 is 2.29 bits per heavy atom. The molecule has 0 saturated carbocycles. The van der Waals surface area contributed by atoms with E-state index in [0.717, 1.165) is 11.8 Å². The van der Waals surface area contributed by atoms with Gasteiger partial charge in [0, 0.05) is 18.0 Å². The van der Waals surface area contributed by atoms with Gasteiger partial charge >= 0.3 is 0 Å². The first-order valence-corrected chi connectivity index (χ1v) is 10.6. The van der Waals surface area contributed by atoms with Crippen molar-refractivity contribution in [3.63, 3.8) is 0 Å². The molecule has 0 fully saturated rings. The summed E-state index contributed by atoms with van der Waals surface area (Å²) in [5.41, 5.74) is 1.86. The molecule has 8 heteroatoms. The van der Waals surface area contributed by atoms with E-state index in [0.29, 0.717) is 22.9 Å². The predicted molar refractivity (Wildman–Crippen MR) is 110 cm³/mol. The minimum Gasteiger partial charge on any atom is -0.493 e. The number of ether oxygens (including phenoxy) is 2. The van der Waals surface area contributed by atoms with Crippen molar-refractivity contribution in [1.82, 2.24) is 0 Å². The van der Waals surface area contributed by atoms with E-state index in [1.54, 1.807) is 30.3 Å². The second-order valence-corrected chi connectivity index (χ2v) is 8.64. The topological polar surface area (TPSA) is 93.7 Å². The fourth-order valence-electron chi connectivity index (χ4n) is 2.65. The number of hydrogen-bond donors (Lipinski definition) is 2.